The summed E-state index contributed by atoms with van der Waals surface area (Å²) in [6.07, 6.45) is 7.36. The summed E-state index contributed by atoms with van der Waals surface area (Å²) in [5.41, 5.74) is 5.36. The van der Waals surface area contributed by atoms with Crippen molar-refractivity contribution in [2.45, 2.75) is 59.5 Å². The Balaban J connectivity index is 0.000000194. The summed E-state index contributed by atoms with van der Waals surface area (Å²) in [5.74, 6) is 2.34. The van der Waals surface area contributed by atoms with Crippen molar-refractivity contribution in [3.05, 3.63) is 77.6 Å². The minimum atomic E-state index is -0.122. The van der Waals surface area contributed by atoms with Gasteiger partial charge in [-0.1, -0.05) is 43.3 Å². The molecule has 5 rings (SSSR count). The second kappa shape index (κ2) is 13.7. The quantitative estimate of drug-likeness (QED) is 0.516. The van der Waals surface area contributed by atoms with Crippen LogP contribution in [0.5, 0.6) is 5.75 Å². The van der Waals surface area contributed by atoms with Crippen LogP contribution in [0.15, 0.2) is 77.1 Å². The molecule has 7 heteroatoms. The summed E-state index contributed by atoms with van der Waals surface area (Å²) in [7, 11) is 1.85. The molecule has 0 bridgehead atoms. The fraction of sp³-hybridized carbons (Fsp3) is 0.455. The molecule has 40 heavy (non-hydrogen) atoms. The molecule has 214 valence electrons. The average molecular weight is 545 g/mol. The van der Waals surface area contributed by atoms with Crippen LogP contribution in [0, 0.1) is 12.8 Å². The monoisotopic (exact) mass is 544 g/mol. The van der Waals surface area contributed by atoms with E-state index in [0.717, 1.165) is 61.0 Å². The van der Waals surface area contributed by atoms with Gasteiger partial charge in [-0.2, -0.15) is 0 Å². The van der Waals surface area contributed by atoms with Gasteiger partial charge in [-0.15, -0.1) is 0 Å². The van der Waals surface area contributed by atoms with Gasteiger partial charge in [0.1, 0.15) is 5.75 Å². The lowest BCUT2D eigenvalue weighted by molar-refractivity contribution is -0.127. The lowest BCUT2D eigenvalue weighted by atomic mass is 10.0. The second-order valence-electron chi connectivity index (χ2n) is 10.8. The Bertz CT molecular complexity index is 1250. The number of carbonyl (C=O) groups is 1. The van der Waals surface area contributed by atoms with E-state index in [-0.39, 0.29) is 12.0 Å². The molecule has 3 aliphatic rings. The van der Waals surface area contributed by atoms with E-state index in [9.17, 15) is 9.90 Å². The van der Waals surface area contributed by atoms with E-state index in [1.807, 2.05) is 39.1 Å². The standard InChI is InChI=1S/C19H23N3O.C14H21NO2/c1-14-9-10-15(2)20-19-17(13-14)21(3)18(23)11-12-22(19)16-7-5-4-6-8-16;1-3-17-14-10-12(5-4-11(14)2)15-8-6-13(16)7-9-15/h4-8,10,13-14H,9,11-12H2,1-3H3;4-5,10,13,16H,3,6-9H2,1-2H3/b15-10+,17-13+,20-19-;. The van der Waals surface area contributed by atoms with Crippen molar-refractivity contribution < 1.29 is 14.6 Å². The van der Waals surface area contributed by atoms with Crippen LogP contribution in [0.25, 0.3) is 0 Å². The van der Waals surface area contributed by atoms with E-state index in [1.54, 1.807) is 4.90 Å². The zero-order valence-electron chi connectivity index (χ0n) is 24.6. The SMILES string of the molecule is CC1=C/CC(C)\C=C2/C(=N/1)N(c1ccccc1)CCC(=O)N2C.CCOc1cc(N2CCC(O)CC2)ccc1C. The van der Waals surface area contributed by atoms with Crippen LogP contribution in [-0.4, -0.2) is 61.1 Å². The number of aryl methyl sites for hydroxylation is 1. The number of benzene rings is 2. The molecule has 7 nitrogen and oxygen atoms in total. The van der Waals surface area contributed by atoms with Gasteiger partial charge < -0.3 is 24.5 Å². The number of amides is 1. The van der Waals surface area contributed by atoms with E-state index in [1.165, 1.54) is 11.3 Å². The van der Waals surface area contributed by atoms with Gasteiger partial charge in [0.2, 0.25) is 5.91 Å². The van der Waals surface area contributed by atoms with Gasteiger partial charge in [-0.25, -0.2) is 4.99 Å². The number of ether oxygens (including phenoxy) is 1. The summed E-state index contributed by atoms with van der Waals surface area (Å²) < 4.78 is 5.61. The number of aliphatic hydroxyl groups excluding tert-OH is 1. The lowest BCUT2D eigenvalue weighted by Gasteiger charge is -2.31. The van der Waals surface area contributed by atoms with Crippen LogP contribution < -0.4 is 14.5 Å². The van der Waals surface area contributed by atoms with E-state index in [0.29, 0.717) is 25.5 Å². The minimum absolute atomic E-state index is 0.122. The number of carbonyl (C=O) groups excluding carboxylic acids is 1. The molecule has 0 aromatic heterocycles. The molecule has 1 N–H and O–H groups in total. The summed E-state index contributed by atoms with van der Waals surface area (Å²) in [4.78, 5) is 23.5. The maximum Gasteiger partial charge on any atom is 0.228 e. The van der Waals surface area contributed by atoms with Crippen LogP contribution in [-0.2, 0) is 4.79 Å². The van der Waals surface area contributed by atoms with Gasteiger partial charge in [-0.3, -0.25) is 4.79 Å². The third-order valence-corrected chi connectivity index (χ3v) is 7.65. The fourth-order valence-corrected chi connectivity index (χ4v) is 5.19. The molecule has 0 radical (unpaired) electrons. The lowest BCUT2D eigenvalue weighted by Crippen LogP contribution is -2.35. The van der Waals surface area contributed by atoms with Gasteiger partial charge in [0.05, 0.1) is 18.4 Å². The van der Waals surface area contributed by atoms with Crippen LogP contribution in [0.1, 0.15) is 52.0 Å². The fourth-order valence-electron chi connectivity index (χ4n) is 5.19. The molecule has 1 atom stereocenters. The van der Waals surface area contributed by atoms with Crippen LogP contribution in [0.3, 0.4) is 0 Å². The molecule has 2 saturated heterocycles. The first-order valence-electron chi connectivity index (χ1n) is 14.5. The number of anilines is 2. The van der Waals surface area contributed by atoms with Crippen molar-refractivity contribution >= 4 is 23.1 Å². The highest BCUT2D eigenvalue weighted by molar-refractivity contribution is 6.13. The van der Waals surface area contributed by atoms with Crippen molar-refractivity contribution in [2.75, 3.05) is 43.1 Å². The third-order valence-electron chi connectivity index (χ3n) is 7.65. The van der Waals surface area contributed by atoms with Crippen molar-refractivity contribution in [1.29, 1.82) is 0 Å². The Hall–Kier alpha value is -3.58. The number of aliphatic hydroxyl groups is 1. The number of amidine groups is 1. The molecule has 2 aromatic rings. The third kappa shape index (κ3) is 7.33. The molecule has 0 spiro atoms. The average Bonchev–Trinajstić information content (AvgIpc) is 3.06. The Kier molecular flexibility index (Phi) is 10.0. The first-order chi connectivity index (χ1) is 19.3. The molecule has 0 aliphatic carbocycles. The van der Waals surface area contributed by atoms with Gasteiger partial charge in [0.15, 0.2) is 5.84 Å². The number of piperidine rings is 1. The van der Waals surface area contributed by atoms with Crippen LogP contribution in [0.4, 0.5) is 11.4 Å². The number of aliphatic imine (C=N–C) groups is 1. The Morgan fingerprint density at radius 1 is 1.02 bits per heavy atom. The number of allylic oxidation sites excluding steroid dienone is 3. The van der Waals surface area contributed by atoms with E-state index >= 15 is 0 Å². The Morgan fingerprint density at radius 3 is 2.45 bits per heavy atom. The van der Waals surface area contributed by atoms with Crippen molar-refractivity contribution in [3.63, 3.8) is 0 Å². The maximum atomic E-state index is 12.4. The molecule has 1 unspecified atom stereocenters. The van der Waals surface area contributed by atoms with Crippen molar-refractivity contribution in [3.8, 4) is 5.75 Å². The maximum absolute atomic E-state index is 12.4. The molecule has 3 aliphatic heterocycles. The highest BCUT2D eigenvalue weighted by Crippen LogP contribution is 2.28. The normalized spacial score (nSPS) is 24.1. The predicted octanol–water partition coefficient (Wildman–Crippen LogP) is 5.94. The molecule has 0 saturated carbocycles. The minimum Gasteiger partial charge on any atom is -0.494 e. The van der Waals surface area contributed by atoms with E-state index < -0.39 is 0 Å². The molecular formula is C33H44N4O3. The van der Waals surface area contributed by atoms with Crippen molar-refractivity contribution in [2.24, 2.45) is 10.9 Å². The number of rotatable bonds is 4. The van der Waals surface area contributed by atoms with Gasteiger partial charge in [0.25, 0.3) is 0 Å². The number of hydrogen-bond donors (Lipinski definition) is 1. The molecule has 2 fully saturated rings. The molecular weight excluding hydrogens is 500 g/mol. The molecule has 3 heterocycles. The summed E-state index contributed by atoms with van der Waals surface area (Å²) in [6.45, 7) is 11.5. The summed E-state index contributed by atoms with van der Waals surface area (Å²) in [5, 5.41) is 9.51. The smallest absolute Gasteiger partial charge is 0.228 e. The van der Waals surface area contributed by atoms with Gasteiger partial charge in [-0.05, 0) is 69.7 Å². The number of likely N-dealkylation sites (N-methyl/N-ethyl adjacent to an activating group) is 1. The summed E-state index contributed by atoms with van der Waals surface area (Å²) >= 11 is 0. The first-order valence-corrected chi connectivity index (χ1v) is 14.5. The van der Waals surface area contributed by atoms with Gasteiger partial charge in [0, 0.05) is 56.2 Å². The molecule has 2 aromatic carbocycles. The largest absolute Gasteiger partial charge is 0.494 e. The zero-order chi connectivity index (χ0) is 28.6. The second-order valence-corrected chi connectivity index (χ2v) is 10.8. The van der Waals surface area contributed by atoms with Crippen LogP contribution >= 0.6 is 0 Å². The first kappa shape index (κ1) is 29.4. The van der Waals surface area contributed by atoms with E-state index in [4.69, 9.17) is 9.73 Å². The Morgan fingerprint density at radius 2 is 1.75 bits per heavy atom. The number of fused-ring (bicyclic) bond motifs is 1. The van der Waals surface area contributed by atoms with E-state index in [2.05, 4.69) is 66.1 Å². The van der Waals surface area contributed by atoms with Crippen LogP contribution in [0.2, 0.25) is 0 Å². The summed E-state index contributed by atoms with van der Waals surface area (Å²) in [6, 6.07) is 16.5. The topological polar surface area (TPSA) is 68.6 Å². The van der Waals surface area contributed by atoms with Crippen molar-refractivity contribution in [1.82, 2.24) is 4.90 Å². The highest BCUT2D eigenvalue weighted by atomic mass is 16.5. The molecule has 1 amide bonds. The zero-order valence-corrected chi connectivity index (χ0v) is 24.6. The highest BCUT2D eigenvalue weighted by Gasteiger charge is 2.29. The predicted molar refractivity (Wildman–Crippen MR) is 164 cm³/mol. The number of nitrogens with zero attached hydrogens (tertiary/aromatic N) is 4. The number of para-hydroxylation sites is 1. The Labute approximate surface area is 239 Å². The number of hydrogen-bond acceptors (Lipinski definition) is 6. The van der Waals surface area contributed by atoms with Gasteiger partial charge >= 0.3 is 0 Å².